The Morgan fingerprint density at radius 1 is 1.16 bits per heavy atom. The molecule has 2 aromatic heterocycles. The Labute approximate surface area is 143 Å². The van der Waals surface area contributed by atoms with Gasteiger partial charge in [0.05, 0.1) is 12.3 Å². The number of sulfonamides is 1. The number of aromatic nitrogens is 2. The van der Waals surface area contributed by atoms with Gasteiger partial charge in [-0.25, -0.2) is 5.10 Å². The lowest BCUT2D eigenvalue weighted by atomic mass is 10.3. The molecule has 130 valence electrons. The first kappa shape index (κ1) is 16.8. The third-order valence-corrected chi connectivity index (χ3v) is 4.45. The number of furan rings is 1. The number of para-hydroxylation sites is 2. The van der Waals surface area contributed by atoms with Gasteiger partial charge in [-0.15, -0.1) is 0 Å². The normalized spacial score (nSPS) is 11.2. The number of aromatic amines is 1. The van der Waals surface area contributed by atoms with Gasteiger partial charge in [0.15, 0.2) is 5.76 Å². The standard InChI is InChI=1S/C16H15N3O5S/c1-2-23-13-6-4-3-5-12(13)19-25(21,22)16-10-8-14(24-16)11-7-9-15(20)18-17-11/h3-10,19H,2H2,1H3,(H,18,20). The summed E-state index contributed by atoms with van der Waals surface area (Å²) in [5.41, 5.74) is 0.262. The highest BCUT2D eigenvalue weighted by Gasteiger charge is 2.21. The van der Waals surface area contributed by atoms with E-state index >= 15 is 0 Å². The second-order valence-corrected chi connectivity index (χ2v) is 6.57. The number of H-pyrrole nitrogens is 1. The molecule has 0 aliphatic carbocycles. The zero-order valence-corrected chi connectivity index (χ0v) is 14.0. The minimum atomic E-state index is -3.95. The minimum absolute atomic E-state index is 0.217. The van der Waals surface area contributed by atoms with Crippen molar-refractivity contribution in [3.8, 4) is 17.2 Å². The number of benzene rings is 1. The zero-order valence-electron chi connectivity index (χ0n) is 13.2. The number of hydrogen-bond acceptors (Lipinski definition) is 6. The highest BCUT2D eigenvalue weighted by atomic mass is 32.2. The summed E-state index contributed by atoms with van der Waals surface area (Å²) in [5, 5.41) is 5.78. The molecule has 0 spiro atoms. The fourth-order valence-electron chi connectivity index (χ4n) is 2.11. The van der Waals surface area contributed by atoms with E-state index < -0.39 is 10.0 Å². The summed E-state index contributed by atoms with van der Waals surface area (Å²) in [6.07, 6.45) is 0. The molecule has 3 rings (SSSR count). The maximum atomic E-state index is 12.5. The van der Waals surface area contributed by atoms with Gasteiger partial charge in [0.2, 0.25) is 5.09 Å². The van der Waals surface area contributed by atoms with Gasteiger partial charge in [-0.2, -0.15) is 13.5 Å². The molecular formula is C16H15N3O5S. The Balaban J connectivity index is 1.89. The maximum absolute atomic E-state index is 12.5. The number of nitrogens with zero attached hydrogens (tertiary/aromatic N) is 1. The second-order valence-electron chi connectivity index (χ2n) is 4.96. The van der Waals surface area contributed by atoms with E-state index in [1.807, 2.05) is 0 Å². The summed E-state index contributed by atoms with van der Waals surface area (Å²) in [4.78, 5) is 11.0. The first-order chi connectivity index (χ1) is 12.0. The molecule has 2 heterocycles. The summed E-state index contributed by atoms with van der Waals surface area (Å²) in [6.45, 7) is 2.21. The van der Waals surface area contributed by atoms with E-state index in [0.29, 0.717) is 23.7 Å². The largest absolute Gasteiger partial charge is 0.492 e. The molecule has 0 aliphatic rings. The van der Waals surface area contributed by atoms with E-state index in [-0.39, 0.29) is 16.4 Å². The van der Waals surface area contributed by atoms with Crippen molar-refractivity contribution in [2.24, 2.45) is 0 Å². The molecule has 1 aromatic carbocycles. The number of ether oxygens (including phenoxy) is 1. The van der Waals surface area contributed by atoms with Gasteiger partial charge in [0.1, 0.15) is 11.4 Å². The highest BCUT2D eigenvalue weighted by molar-refractivity contribution is 7.92. The number of hydrogen-bond donors (Lipinski definition) is 2. The fraction of sp³-hybridized carbons (Fsp3) is 0.125. The monoisotopic (exact) mass is 361 g/mol. The quantitative estimate of drug-likeness (QED) is 0.696. The van der Waals surface area contributed by atoms with Crippen LogP contribution in [0, 0.1) is 0 Å². The summed E-state index contributed by atoms with van der Waals surface area (Å²) in [6, 6.07) is 12.2. The van der Waals surface area contributed by atoms with Gasteiger partial charge in [-0.1, -0.05) is 12.1 Å². The van der Waals surface area contributed by atoms with Crippen LogP contribution in [0.3, 0.4) is 0 Å². The van der Waals surface area contributed by atoms with Crippen LogP contribution < -0.4 is 15.0 Å². The molecular weight excluding hydrogens is 346 g/mol. The van der Waals surface area contributed by atoms with Crippen LogP contribution in [-0.2, 0) is 10.0 Å². The van der Waals surface area contributed by atoms with E-state index in [2.05, 4.69) is 14.9 Å². The van der Waals surface area contributed by atoms with Crippen molar-refractivity contribution < 1.29 is 17.6 Å². The van der Waals surface area contributed by atoms with E-state index in [4.69, 9.17) is 9.15 Å². The van der Waals surface area contributed by atoms with Gasteiger partial charge in [-0.05, 0) is 37.3 Å². The van der Waals surface area contributed by atoms with Crippen molar-refractivity contribution in [3.05, 3.63) is 58.9 Å². The van der Waals surface area contributed by atoms with Crippen molar-refractivity contribution >= 4 is 15.7 Å². The molecule has 0 radical (unpaired) electrons. The van der Waals surface area contributed by atoms with Gasteiger partial charge in [-0.3, -0.25) is 9.52 Å². The van der Waals surface area contributed by atoms with Crippen LogP contribution in [0.15, 0.2) is 62.8 Å². The average molecular weight is 361 g/mol. The Bertz CT molecular complexity index is 1020. The van der Waals surface area contributed by atoms with Crippen molar-refractivity contribution in [1.29, 1.82) is 0 Å². The number of nitrogens with one attached hydrogen (secondary N) is 2. The Kier molecular flexibility index (Phi) is 4.57. The zero-order chi connectivity index (χ0) is 17.9. The van der Waals surface area contributed by atoms with Crippen LogP contribution in [0.1, 0.15) is 6.92 Å². The van der Waals surface area contributed by atoms with Crippen LogP contribution in [0.4, 0.5) is 5.69 Å². The fourth-order valence-corrected chi connectivity index (χ4v) is 3.12. The van der Waals surface area contributed by atoms with E-state index in [0.717, 1.165) is 0 Å². The molecule has 0 bridgehead atoms. The lowest BCUT2D eigenvalue weighted by Crippen LogP contribution is -2.13. The van der Waals surface area contributed by atoms with Gasteiger partial charge >= 0.3 is 0 Å². The molecule has 8 nitrogen and oxygen atoms in total. The Morgan fingerprint density at radius 2 is 1.96 bits per heavy atom. The highest BCUT2D eigenvalue weighted by Crippen LogP contribution is 2.28. The van der Waals surface area contributed by atoms with Crippen LogP contribution >= 0.6 is 0 Å². The van der Waals surface area contributed by atoms with Crippen LogP contribution in [0.25, 0.3) is 11.5 Å². The number of anilines is 1. The SMILES string of the molecule is CCOc1ccccc1NS(=O)(=O)c1ccc(-c2ccc(=O)[nH]n2)o1. The molecule has 0 unspecified atom stereocenters. The van der Waals surface area contributed by atoms with Crippen LogP contribution in [0.2, 0.25) is 0 Å². The van der Waals surface area contributed by atoms with Gasteiger partial charge < -0.3 is 9.15 Å². The van der Waals surface area contributed by atoms with Crippen molar-refractivity contribution in [2.75, 3.05) is 11.3 Å². The molecule has 0 fully saturated rings. The Morgan fingerprint density at radius 3 is 2.68 bits per heavy atom. The molecule has 0 atom stereocenters. The molecule has 3 aromatic rings. The van der Waals surface area contributed by atoms with Crippen molar-refractivity contribution in [1.82, 2.24) is 10.2 Å². The predicted molar refractivity (Wildman–Crippen MR) is 91.0 cm³/mol. The molecule has 0 amide bonds. The second kappa shape index (κ2) is 6.81. The van der Waals surface area contributed by atoms with Crippen molar-refractivity contribution in [2.45, 2.75) is 12.0 Å². The van der Waals surface area contributed by atoms with Crippen LogP contribution in [0.5, 0.6) is 5.75 Å². The van der Waals surface area contributed by atoms with Crippen molar-refractivity contribution in [3.63, 3.8) is 0 Å². The summed E-state index contributed by atoms with van der Waals surface area (Å²) in [7, 11) is -3.95. The average Bonchev–Trinajstić information content (AvgIpc) is 3.08. The first-order valence-corrected chi connectivity index (χ1v) is 8.88. The summed E-state index contributed by atoms with van der Waals surface area (Å²) >= 11 is 0. The van der Waals surface area contributed by atoms with Gasteiger partial charge in [0.25, 0.3) is 15.6 Å². The van der Waals surface area contributed by atoms with E-state index in [1.54, 1.807) is 31.2 Å². The molecule has 0 saturated heterocycles. The first-order valence-electron chi connectivity index (χ1n) is 7.40. The minimum Gasteiger partial charge on any atom is -0.492 e. The third-order valence-electron chi connectivity index (χ3n) is 3.21. The lowest BCUT2D eigenvalue weighted by Gasteiger charge is -2.11. The molecule has 25 heavy (non-hydrogen) atoms. The number of rotatable bonds is 6. The maximum Gasteiger partial charge on any atom is 0.295 e. The smallest absolute Gasteiger partial charge is 0.295 e. The lowest BCUT2D eigenvalue weighted by molar-refractivity contribution is 0.342. The summed E-state index contributed by atoms with van der Waals surface area (Å²) < 4.78 is 38.2. The topological polar surface area (TPSA) is 114 Å². The molecule has 0 aliphatic heterocycles. The van der Waals surface area contributed by atoms with E-state index in [1.165, 1.54) is 24.3 Å². The third kappa shape index (κ3) is 3.72. The van der Waals surface area contributed by atoms with Gasteiger partial charge in [0, 0.05) is 6.07 Å². The summed E-state index contributed by atoms with van der Waals surface area (Å²) in [5.74, 6) is 0.636. The predicted octanol–water partition coefficient (Wildman–Crippen LogP) is 2.23. The Hall–Kier alpha value is -3.07. The van der Waals surface area contributed by atoms with E-state index in [9.17, 15) is 13.2 Å². The molecule has 2 N–H and O–H groups in total. The molecule has 9 heteroatoms. The molecule has 0 saturated carbocycles. The van der Waals surface area contributed by atoms with Crippen LogP contribution in [-0.4, -0.2) is 25.2 Å².